The number of ketones is 1. The van der Waals surface area contributed by atoms with Crippen LogP contribution in [0.2, 0.25) is 0 Å². The van der Waals surface area contributed by atoms with Crippen LogP contribution in [0.15, 0.2) is 48.5 Å². The van der Waals surface area contributed by atoms with E-state index in [1.807, 2.05) is 0 Å². The molecule has 0 atom stereocenters. The summed E-state index contributed by atoms with van der Waals surface area (Å²) in [6.07, 6.45) is 2.68. The van der Waals surface area contributed by atoms with Crippen LogP contribution in [-0.2, 0) is 0 Å². The zero-order valence-corrected chi connectivity index (χ0v) is 10.7. The van der Waals surface area contributed by atoms with Crippen molar-refractivity contribution in [2.75, 3.05) is 0 Å². The van der Waals surface area contributed by atoms with Crippen LogP contribution in [-0.4, -0.2) is 16.9 Å². The topological polar surface area (TPSA) is 54.4 Å². The van der Waals surface area contributed by atoms with Crippen molar-refractivity contribution in [3.8, 4) is 0 Å². The highest BCUT2D eigenvalue weighted by atomic mass is 19.2. The van der Waals surface area contributed by atoms with E-state index in [1.54, 1.807) is 12.1 Å². The minimum atomic E-state index is -1.08. The molecule has 0 aliphatic heterocycles. The number of benzene rings is 2. The molecule has 1 N–H and O–H groups in total. The van der Waals surface area contributed by atoms with Crippen LogP contribution in [0.25, 0.3) is 6.08 Å². The number of carbonyl (C=O) groups is 2. The van der Waals surface area contributed by atoms with Crippen LogP contribution < -0.4 is 0 Å². The maximum Gasteiger partial charge on any atom is 0.335 e. The first kappa shape index (κ1) is 14.6. The average molecular weight is 288 g/mol. The van der Waals surface area contributed by atoms with Gasteiger partial charge in [-0.3, -0.25) is 4.79 Å². The van der Waals surface area contributed by atoms with E-state index in [0.29, 0.717) is 5.56 Å². The molecule has 0 spiro atoms. The summed E-state index contributed by atoms with van der Waals surface area (Å²) in [5.41, 5.74) is 0.794. The molecule has 0 aliphatic carbocycles. The molecule has 5 heteroatoms. The molecule has 0 unspecified atom stereocenters. The van der Waals surface area contributed by atoms with Gasteiger partial charge in [-0.15, -0.1) is 0 Å². The van der Waals surface area contributed by atoms with Crippen LogP contribution in [0.4, 0.5) is 8.78 Å². The van der Waals surface area contributed by atoms with Gasteiger partial charge in [-0.25, -0.2) is 13.6 Å². The number of carboxylic acids is 1. The van der Waals surface area contributed by atoms with Crippen molar-refractivity contribution in [1.82, 2.24) is 0 Å². The third-order valence-corrected chi connectivity index (χ3v) is 2.79. The second-order valence-corrected chi connectivity index (χ2v) is 4.25. The monoisotopic (exact) mass is 288 g/mol. The van der Waals surface area contributed by atoms with Gasteiger partial charge in [0.25, 0.3) is 0 Å². The van der Waals surface area contributed by atoms with Gasteiger partial charge in [-0.2, -0.15) is 0 Å². The number of halogens is 2. The maximum absolute atomic E-state index is 13.0. The smallest absolute Gasteiger partial charge is 0.335 e. The molecule has 0 aromatic heterocycles. The zero-order chi connectivity index (χ0) is 15.4. The van der Waals surface area contributed by atoms with E-state index >= 15 is 0 Å². The van der Waals surface area contributed by atoms with Crippen molar-refractivity contribution in [2.24, 2.45) is 0 Å². The maximum atomic E-state index is 13.0. The van der Waals surface area contributed by atoms with E-state index in [4.69, 9.17) is 5.11 Å². The van der Waals surface area contributed by atoms with Gasteiger partial charge in [0.1, 0.15) is 0 Å². The van der Waals surface area contributed by atoms with Gasteiger partial charge in [0.2, 0.25) is 0 Å². The van der Waals surface area contributed by atoms with Crippen LogP contribution in [0.3, 0.4) is 0 Å². The fourth-order valence-corrected chi connectivity index (χ4v) is 1.65. The second kappa shape index (κ2) is 6.09. The van der Waals surface area contributed by atoms with Crippen molar-refractivity contribution in [2.45, 2.75) is 0 Å². The Kier molecular flexibility index (Phi) is 4.23. The van der Waals surface area contributed by atoms with E-state index in [9.17, 15) is 18.4 Å². The molecule has 0 saturated heterocycles. The molecule has 21 heavy (non-hydrogen) atoms. The molecule has 0 amide bonds. The zero-order valence-electron chi connectivity index (χ0n) is 10.7. The lowest BCUT2D eigenvalue weighted by Crippen LogP contribution is -1.97. The van der Waals surface area contributed by atoms with Gasteiger partial charge in [0.15, 0.2) is 17.4 Å². The Morgan fingerprint density at radius 3 is 2.10 bits per heavy atom. The van der Waals surface area contributed by atoms with E-state index in [1.165, 1.54) is 30.4 Å². The Balaban J connectivity index is 2.14. The third-order valence-electron chi connectivity index (χ3n) is 2.79. The first-order chi connectivity index (χ1) is 9.97. The molecule has 2 rings (SSSR count). The number of rotatable bonds is 4. The predicted octanol–water partition coefficient (Wildman–Crippen LogP) is 3.56. The van der Waals surface area contributed by atoms with Crippen molar-refractivity contribution in [1.29, 1.82) is 0 Å². The molecular weight excluding hydrogens is 278 g/mol. The quantitative estimate of drug-likeness (QED) is 0.691. The fourth-order valence-electron chi connectivity index (χ4n) is 1.65. The van der Waals surface area contributed by atoms with Gasteiger partial charge in [-0.1, -0.05) is 18.2 Å². The van der Waals surface area contributed by atoms with E-state index in [-0.39, 0.29) is 11.1 Å². The molecule has 0 saturated carbocycles. The molecule has 0 bridgehead atoms. The number of hydrogen-bond acceptors (Lipinski definition) is 2. The SMILES string of the molecule is O=C(O)c1ccc(/C=C/C(=O)c2ccc(F)c(F)c2)cc1. The molecule has 2 aromatic carbocycles. The highest BCUT2D eigenvalue weighted by molar-refractivity contribution is 6.06. The molecule has 0 radical (unpaired) electrons. The Morgan fingerprint density at radius 2 is 1.52 bits per heavy atom. The largest absolute Gasteiger partial charge is 0.478 e. The van der Waals surface area contributed by atoms with Crippen LogP contribution >= 0.6 is 0 Å². The first-order valence-corrected chi connectivity index (χ1v) is 5.98. The van der Waals surface area contributed by atoms with Gasteiger partial charge in [0.05, 0.1) is 5.56 Å². The van der Waals surface area contributed by atoms with Crippen LogP contribution in [0, 0.1) is 11.6 Å². The van der Waals surface area contributed by atoms with Crippen LogP contribution in [0.5, 0.6) is 0 Å². The third kappa shape index (κ3) is 3.60. The molecule has 0 aliphatic rings. The predicted molar refractivity (Wildman–Crippen MR) is 73.1 cm³/mol. The highest BCUT2D eigenvalue weighted by Crippen LogP contribution is 2.11. The lowest BCUT2D eigenvalue weighted by atomic mass is 10.1. The average Bonchev–Trinajstić information content (AvgIpc) is 2.48. The lowest BCUT2D eigenvalue weighted by Gasteiger charge is -1.98. The molecule has 3 nitrogen and oxygen atoms in total. The van der Waals surface area contributed by atoms with E-state index in [2.05, 4.69) is 0 Å². The second-order valence-electron chi connectivity index (χ2n) is 4.25. The Labute approximate surface area is 119 Å². The lowest BCUT2D eigenvalue weighted by molar-refractivity contribution is 0.0696. The highest BCUT2D eigenvalue weighted by Gasteiger charge is 2.07. The van der Waals surface area contributed by atoms with Crippen molar-refractivity contribution >= 4 is 17.8 Å². The standard InChI is InChI=1S/C16H10F2O3/c17-13-7-6-12(9-14(13)18)15(19)8-3-10-1-4-11(5-2-10)16(20)21/h1-9H,(H,20,21)/b8-3+. The van der Waals surface area contributed by atoms with Crippen molar-refractivity contribution in [3.63, 3.8) is 0 Å². The molecule has 0 fully saturated rings. The summed E-state index contributed by atoms with van der Waals surface area (Å²) in [5.74, 6) is -3.61. The molecule has 106 valence electrons. The Hall–Kier alpha value is -2.82. The van der Waals surface area contributed by atoms with Gasteiger partial charge in [0, 0.05) is 5.56 Å². The number of hydrogen-bond donors (Lipinski definition) is 1. The Bertz CT molecular complexity index is 719. The Morgan fingerprint density at radius 1 is 0.905 bits per heavy atom. The minimum absolute atomic E-state index is 0.0345. The molecule has 0 heterocycles. The van der Waals surface area contributed by atoms with Gasteiger partial charge >= 0.3 is 5.97 Å². The summed E-state index contributed by atoms with van der Waals surface area (Å²) in [6, 6.07) is 8.80. The summed E-state index contributed by atoms with van der Waals surface area (Å²) in [6.45, 7) is 0. The summed E-state index contributed by atoms with van der Waals surface area (Å²) in [5, 5.41) is 8.75. The molecule has 2 aromatic rings. The van der Waals surface area contributed by atoms with Gasteiger partial charge < -0.3 is 5.11 Å². The summed E-state index contributed by atoms with van der Waals surface area (Å²) in [7, 11) is 0. The minimum Gasteiger partial charge on any atom is -0.478 e. The number of aromatic carboxylic acids is 1. The summed E-state index contributed by atoms with van der Waals surface area (Å²) >= 11 is 0. The van der Waals surface area contributed by atoms with E-state index < -0.39 is 23.4 Å². The normalized spacial score (nSPS) is 10.8. The van der Waals surface area contributed by atoms with E-state index in [0.717, 1.165) is 12.1 Å². The van der Waals surface area contributed by atoms with Crippen LogP contribution in [0.1, 0.15) is 26.3 Å². The van der Waals surface area contributed by atoms with Gasteiger partial charge in [-0.05, 0) is 42.0 Å². The number of carbonyl (C=O) groups excluding carboxylic acids is 1. The summed E-state index contributed by atoms with van der Waals surface area (Å²) < 4.78 is 25.8. The molecular formula is C16H10F2O3. The summed E-state index contributed by atoms with van der Waals surface area (Å²) in [4.78, 5) is 22.5. The number of allylic oxidation sites excluding steroid dienone is 1. The fraction of sp³-hybridized carbons (Fsp3) is 0. The van der Waals surface area contributed by atoms with Crippen molar-refractivity contribution in [3.05, 3.63) is 76.9 Å². The number of carboxylic acid groups (broad SMARTS) is 1. The first-order valence-electron chi connectivity index (χ1n) is 5.98. The van der Waals surface area contributed by atoms with Crippen molar-refractivity contribution < 1.29 is 23.5 Å².